The molecular weight excluding hydrogens is 403 g/mol. The molecule has 2 saturated heterocycles. The molecule has 0 aliphatic carbocycles. The number of aromatic nitrogens is 2. The SMILES string of the molecule is Nc1nonc1C(=O)N1CC[C@@H]2[C@H]1CCCC(=O)N2Cc1ccccc1C(F)(F)F. The van der Waals surface area contributed by atoms with Crippen molar-refractivity contribution in [3.8, 4) is 0 Å². The third-order valence-corrected chi connectivity index (χ3v) is 5.76. The molecule has 2 aliphatic rings. The molecule has 2 aliphatic heterocycles. The van der Waals surface area contributed by atoms with Crippen LogP contribution in [0.3, 0.4) is 0 Å². The smallest absolute Gasteiger partial charge is 0.379 e. The molecule has 8 nitrogen and oxygen atoms in total. The second-order valence-corrected chi connectivity index (χ2v) is 7.49. The number of halogens is 3. The maximum Gasteiger partial charge on any atom is 0.416 e. The first-order valence-electron chi connectivity index (χ1n) is 9.61. The molecule has 0 saturated carbocycles. The summed E-state index contributed by atoms with van der Waals surface area (Å²) < 4.78 is 44.8. The number of fused-ring (bicyclic) bond motifs is 1. The van der Waals surface area contributed by atoms with Crippen LogP contribution in [0, 0.1) is 0 Å². The first-order chi connectivity index (χ1) is 14.3. The van der Waals surface area contributed by atoms with Crippen LogP contribution in [0.25, 0.3) is 0 Å². The van der Waals surface area contributed by atoms with E-state index in [1.54, 1.807) is 4.90 Å². The maximum atomic E-state index is 13.4. The molecule has 2 N–H and O–H groups in total. The van der Waals surface area contributed by atoms with Gasteiger partial charge in [-0.2, -0.15) is 13.2 Å². The van der Waals surface area contributed by atoms with Gasteiger partial charge in [0.25, 0.3) is 5.91 Å². The van der Waals surface area contributed by atoms with Crippen molar-refractivity contribution in [1.82, 2.24) is 20.1 Å². The summed E-state index contributed by atoms with van der Waals surface area (Å²) in [6.07, 6.45) is -2.74. The fourth-order valence-corrected chi connectivity index (χ4v) is 4.40. The molecule has 0 bridgehead atoms. The van der Waals surface area contributed by atoms with Gasteiger partial charge in [-0.15, -0.1) is 0 Å². The Labute approximate surface area is 169 Å². The third kappa shape index (κ3) is 3.59. The van der Waals surface area contributed by atoms with E-state index in [9.17, 15) is 22.8 Å². The molecule has 0 unspecified atom stereocenters. The highest BCUT2D eigenvalue weighted by Crippen LogP contribution is 2.36. The highest BCUT2D eigenvalue weighted by atomic mass is 19.4. The molecule has 1 aromatic carbocycles. The van der Waals surface area contributed by atoms with Gasteiger partial charge in [0, 0.05) is 19.5 Å². The van der Waals surface area contributed by atoms with E-state index in [2.05, 4.69) is 14.9 Å². The Bertz CT molecular complexity index is 961. The molecular formula is C19H20F3N5O3. The number of nitrogen functional groups attached to an aromatic ring is 1. The van der Waals surface area contributed by atoms with E-state index >= 15 is 0 Å². The van der Waals surface area contributed by atoms with Gasteiger partial charge in [-0.25, -0.2) is 4.63 Å². The molecule has 2 atom stereocenters. The Balaban J connectivity index is 1.62. The number of rotatable bonds is 3. The van der Waals surface area contributed by atoms with Crippen molar-refractivity contribution in [2.75, 3.05) is 12.3 Å². The minimum atomic E-state index is -4.51. The van der Waals surface area contributed by atoms with Gasteiger partial charge < -0.3 is 15.5 Å². The number of hydrogen-bond donors (Lipinski definition) is 1. The number of likely N-dealkylation sites (tertiary alicyclic amines) is 2. The van der Waals surface area contributed by atoms with Crippen molar-refractivity contribution in [2.24, 2.45) is 0 Å². The van der Waals surface area contributed by atoms with Gasteiger partial charge in [0.05, 0.1) is 17.6 Å². The second-order valence-electron chi connectivity index (χ2n) is 7.49. The Kier molecular flexibility index (Phi) is 5.12. The Hall–Kier alpha value is -3.11. The largest absolute Gasteiger partial charge is 0.416 e. The molecule has 11 heteroatoms. The third-order valence-electron chi connectivity index (χ3n) is 5.76. The van der Waals surface area contributed by atoms with Crippen molar-refractivity contribution in [1.29, 1.82) is 0 Å². The van der Waals surface area contributed by atoms with Crippen LogP contribution in [0.2, 0.25) is 0 Å². The van der Waals surface area contributed by atoms with E-state index in [4.69, 9.17) is 5.73 Å². The lowest BCUT2D eigenvalue weighted by Crippen LogP contribution is -2.47. The average molecular weight is 423 g/mol. The van der Waals surface area contributed by atoms with Gasteiger partial charge in [-0.3, -0.25) is 9.59 Å². The van der Waals surface area contributed by atoms with Crippen molar-refractivity contribution in [2.45, 2.75) is 50.5 Å². The van der Waals surface area contributed by atoms with Gasteiger partial charge in [0.15, 0.2) is 0 Å². The Morgan fingerprint density at radius 1 is 1.20 bits per heavy atom. The van der Waals surface area contributed by atoms with Gasteiger partial charge in [0.1, 0.15) is 0 Å². The summed E-state index contributed by atoms with van der Waals surface area (Å²) in [5.41, 5.74) is 4.81. The summed E-state index contributed by atoms with van der Waals surface area (Å²) in [5, 5.41) is 6.97. The summed E-state index contributed by atoms with van der Waals surface area (Å²) in [6, 6.07) is 4.53. The number of nitrogens with zero attached hydrogens (tertiary/aromatic N) is 4. The van der Waals surface area contributed by atoms with E-state index in [0.717, 1.165) is 6.07 Å². The van der Waals surface area contributed by atoms with Gasteiger partial charge in [-0.05, 0) is 41.2 Å². The standard InChI is InChI=1S/C19H20F3N5O3/c20-19(21,22)12-5-2-1-4-11(12)10-27-14-8-9-26(13(14)6-3-7-15(27)28)18(29)16-17(23)25-30-24-16/h1-2,4-5,13-14H,3,6-10H2,(H2,23,25)/t13-,14-/m1/s1. The average Bonchev–Trinajstić information content (AvgIpc) is 3.28. The van der Waals surface area contributed by atoms with E-state index in [1.807, 2.05) is 0 Å². The van der Waals surface area contributed by atoms with Crippen LogP contribution in [0.4, 0.5) is 19.0 Å². The number of benzene rings is 1. The van der Waals surface area contributed by atoms with Crippen molar-refractivity contribution in [3.05, 3.63) is 41.1 Å². The van der Waals surface area contributed by atoms with Gasteiger partial charge in [0.2, 0.25) is 17.4 Å². The number of hydrogen-bond acceptors (Lipinski definition) is 6. The Morgan fingerprint density at radius 2 is 1.97 bits per heavy atom. The molecule has 0 spiro atoms. The molecule has 30 heavy (non-hydrogen) atoms. The molecule has 4 rings (SSSR count). The zero-order valence-electron chi connectivity index (χ0n) is 15.9. The number of alkyl halides is 3. The van der Waals surface area contributed by atoms with Crippen molar-refractivity contribution in [3.63, 3.8) is 0 Å². The lowest BCUT2D eigenvalue weighted by molar-refractivity contribution is -0.140. The van der Waals surface area contributed by atoms with Gasteiger partial charge in [-0.1, -0.05) is 18.2 Å². The summed E-state index contributed by atoms with van der Waals surface area (Å²) in [6.45, 7) is 0.177. The zero-order valence-corrected chi connectivity index (χ0v) is 15.9. The van der Waals surface area contributed by atoms with Crippen molar-refractivity contribution < 1.29 is 27.4 Å². The highest BCUT2D eigenvalue weighted by Gasteiger charge is 2.45. The Morgan fingerprint density at radius 3 is 2.67 bits per heavy atom. The van der Waals surface area contributed by atoms with Crippen LogP contribution in [-0.2, 0) is 17.5 Å². The van der Waals surface area contributed by atoms with E-state index in [-0.39, 0.29) is 48.0 Å². The second kappa shape index (κ2) is 7.62. The lowest BCUT2D eigenvalue weighted by Gasteiger charge is -2.33. The van der Waals surface area contributed by atoms with E-state index in [1.165, 1.54) is 23.1 Å². The lowest BCUT2D eigenvalue weighted by atomic mass is 10.0. The topological polar surface area (TPSA) is 106 Å². The van der Waals surface area contributed by atoms with E-state index in [0.29, 0.717) is 25.8 Å². The predicted octanol–water partition coefficient (Wildman–Crippen LogP) is 2.47. The fourth-order valence-electron chi connectivity index (χ4n) is 4.40. The molecule has 1 aromatic heterocycles. The molecule has 2 aromatic rings. The van der Waals surface area contributed by atoms with Crippen LogP contribution in [0.5, 0.6) is 0 Å². The normalized spacial score (nSPS) is 22.2. The number of amides is 2. The van der Waals surface area contributed by atoms with Crippen molar-refractivity contribution >= 4 is 17.6 Å². The van der Waals surface area contributed by atoms with E-state index < -0.39 is 17.6 Å². The highest BCUT2D eigenvalue weighted by molar-refractivity contribution is 5.96. The minimum absolute atomic E-state index is 0.0359. The van der Waals surface area contributed by atoms with Gasteiger partial charge >= 0.3 is 6.18 Å². The maximum absolute atomic E-state index is 13.4. The molecule has 160 valence electrons. The molecule has 0 radical (unpaired) electrons. The van der Waals surface area contributed by atoms with Crippen LogP contribution in [0.15, 0.2) is 28.9 Å². The number of nitrogens with two attached hydrogens (primary N) is 1. The summed E-state index contributed by atoms with van der Waals surface area (Å²) in [5.74, 6) is -0.785. The molecule has 2 amide bonds. The summed E-state index contributed by atoms with van der Waals surface area (Å²) >= 11 is 0. The predicted molar refractivity (Wildman–Crippen MR) is 97.8 cm³/mol. The minimum Gasteiger partial charge on any atom is -0.379 e. The van der Waals surface area contributed by atoms with Crippen LogP contribution < -0.4 is 5.73 Å². The van der Waals surface area contributed by atoms with Crippen LogP contribution in [-0.4, -0.2) is 50.6 Å². The number of carbonyl (C=O) groups excluding carboxylic acids is 2. The van der Waals surface area contributed by atoms with Crippen LogP contribution >= 0.6 is 0 Å². The monoisotopic (exact) mass is 423 g/mol. The quantitative estimate of drug-likeness (QED) is 0.813. The fraction of sp³-hybridized carbons (Fsp3) is 0.474. The molecule has 3 heterocycles. The zero-order chi connectivity index (χ0) is 21.5. The number of anilines is 1. The number of carbonyl (C=O) groups is 2. The summed E-state index contributed by atoms with van der Waals surface area (Å²) in [4.78, 5) is 28.7. The first-order valence-corrected chi connectivity index (χ1v) is 9.61. The summed E-state index contributed by atoms with van der Waals surface area (Å²) in [7, 11) is 0. The first kappa shape index (κ1) is 20.2. The van der Waals surface area contributed by atoms with Crippen LogP contribution in [0.1, 0.15) is 47.3 Å². The molecule has 2 fully saturated rings.